The van der Waals surface area contributed by atoms with Crippen molar-refractivity contribution < 1.29 is 9.53 Å². The second-order valence-electron chi connectivity index (χ2n) is 3.58. The molecule has 0 N–H and O–H groups in total. The zero-order valence-electron chi connectivity index (χ0n) is 9.84. The van der Waals surface area contributed by atoms with Crippen LogP contribution in [0.2, 0.25) is 0 Å². The highest BCUT2D eigenvalue weighted by Gasteiger charge is 2.16. The lowest BCUT2D eigenvalue weighted by Gasteiger charge is -1.97. The number of esters is 1. The summed E-state index contributed by atoms with van der Waals surface area (Å²) < 4.78 is 4.90. The standard InChI is InChI=1S/C14H11NO2S/c1-3-9-17-14(16)12-10(2)15-13(18-12)11-7-5-4-6-8-11/h1,4-8H,9H2,2H3. The Morgan fingerprint density at radius 3 is 2.83 bits per heavy atom. The molecule has 0 bridgehead atoms. The Morgan fingerprint density at radius 2 is 2.17 bits per heavy atom. The molecule has 0 aliphatic carbocycles. The molecule has 18 heavy (non-hydrogen) atoms. The summed E-state index contributed by atoms with van der Waals surface area (Å²) in [5.74, 6) is 1.86. The van der Waals surface area contributed by atoms with Crippen LogP contribution in [0.3, 0.4) is 0 Å². The van der Waals surface area contributed by atoms with Gasteiger partial charge >= 0.3 is 5.97 Å². The average Bonchev–Trinajstić information content (AvgIpc) is 2.79. The number of thiazole rings is 1. The van der Waals surface area contributed by atoms with Gasteiger partial charge in [0.25, 0.3) is 0 Å². The summed E-state index contributed by atoms with van der Waals surface area (Å²) in [4.78, 5) is 16.6. The zero-order chi connectivity index (χ0) is 13.0. The largest absolute Gasteiger partial charge is 0.448 e. The molecule has 0 unspecified atom stereocenters. The Bertz CT molecular complexity index is 596. The van der Waals surface area contributed by atoms with Crippen molar-refractivity contribution in [2.24, 2.45) is 0 Å². The normalized spacial score (nSPS) is 9.78. The number of nitrogens with zero attached hydrogens (tertiary/aromatic N) is 1. The molecule has 1 aromatic heterocycles. The maximum absolute atomic E-state index is 11.7. The van der Waals surface area contributed by atoms with Crippen LogP contribution in [-0.2, 0) is 4.74 Å². The van der Waals surface area contributed by atoms with Crippen LogP contribution in [-0.4, -0.2) is 17.6 Å². The summed E-state index contributed by atoms with van der Waals surface area (Å²) in [5, 5.41) is 0.806. The van der Waals surface area contributed by atoms with Crippen molar-refractivity contribution in [3.63, 3.8) is 0 Å². The number of terminal acetylenes is 1. The van der Waals surface area contributed by atoms with Gasteiger partial charge in [-0.25, -0.2) is 9.78 Å². The predicted octanol–water partition coefficient (Wildman–Crippen LogP) is 2.91. The maximum atomic E-state index is 11.7. The number of ether oxygens (including phenoxy) is 1. The van der Waals surface area contributed by atoms with Crippen molar-refractivity contribution in [3.05, 3.63) is 40.9 Å². The van der Waals surface area contributed by atoms with Crippen molar-refractivity contribution in [3.8, 4) is 22.9 Å². The molecule has 0 saturated heterocycles. The Labute approximate surface area is 109 Å². The van der Waals surface area contributed by atoms with E-state index in [1.807, 2.05) is 30.3 Å². The van der Waals surface area contributed by atoms with Crippen molar-refractivity contribution in [1.82, 2.24) is 4.98 Å². The van der Waals surface area contributed by atoms with Gasteiger partial charge in [-0.1, -0.05) is 36.3 Å². The third-order valence-electron chi connectivity index (χ3n) is 2.29. The summed E-state index contributed by atoms with van der Waals surface area (Å²) >= 11 is 1.32. The van der Waals surface area contributed by atoms with Crippen LogP contribution in [0, 0.1) is 19.3 Å². The fraction of sp³-hybridized carbons (Fsp3) is 0.143. The van der Waals surface area contributed by atoms with E-state index in [0.29, 0.717) is 10.6 Å². The zero-order valence-corrected chi connectivity index (χ0v) is 10.7. The van der Waals surface area contributed by atoms with Crippen LogP contribution in [0.25, 0.3) is 10.6 Å². The van der Waals surface area contributed by atoms with Crippen LogP contribution in [0.4, 0.5) is 0 Å². The Hall–Kier alpha value is -2.12. The van der Waals surface area contributed by atoms with Gasteiger partial charge in [0.2, 0.25) is 0 Å². The minimum Gasteiger partial charge on any atom is -0.448 e. The van der Waals surface area contributed by atoms with Crippen LogP contribution >= 0.6 is 11.3 Å². The quantitative estimate of drug-likeness (QED) is 0.627. The average molecular weight is 257 g/mol. The van der Waals surface area contributed by atoms with Crippen molar-refractivity contribution in [1.29, 1.82) is 0 Å². The van der Waals surface area contributed by atoms with E-state index in [0.717, 1.165) is 10.6 Å². The van der Waals surface area contributed by atoms with Crippen LogP contribution in [0.5, 0.6) is 0 Å². The van der Waals surface area contributed by atoms with Gasteiger partial charge in [-0.15, -0.1) is 17.8 Å². The molecule has 1 aromatic carbocycles. The first-order chi connectivity index (χ1) is 8.72. The third-order valence-corrected chi connectivity index (χ3v) is 3.48. The lowest BCUT2D eigenvalue weighted by Crippen LogP contribution is -2.04. The Morgan fingerprint density at radius 1 is 1.44 bits per heavy atom. The van der Waals surface area contributed by atoms with E-state index in [9.17, 15) is 4.79 Å². The molecule has 0 atom stereocenters. The molecule has 0 spiro atoms. The van der Waals surface area contributed by atoms with Gasteiger partial charge in [-0.3, -0.25) is 0 Å². The fourth-order valence-electron chi connectivity index (χ4n) is 1.46. The molecule has 0 radical (unpaired) electrons. The molecule has 0 amide bonds. The molecule has 90 valence electrons. The molecule has 4 heteroatoms. The fourth-order valence-corrected chi connectivity index (χ4v) is 2.43. The minimum absolute atomic E-state index is 0.0170. The molecule has 0 aliphatic heterocycles. The van der Waals surface area contributed by atoms with Gasteiger partial charge in [-0.05, 0) is 6.92 Å². The van der Waals surface area contributed by atoms with E-state index >= 15 is 0 Å². The van der Waals surface area contributed by atoms with Crippen molar-refractivity contribution in [2.45, 2.75) is 6.92 Å². The van der Waals surface area contributed by atoms with E-state index < -0.39 is 5.97 Å². The lowest BCUT2D eigenvalue weighted by molar-refractivity contribution is 0.0561. The molecule has 0 saturated carbocycles. The maximum Gasteiger partial charge on any atom is 0.351 e. The van der Waals surface area contributed by atoms with Crippen LogP contribution < -0.4 is 0 Å². The van der Waals surface area contributed by atoms with Crippen LogP contribution in [0.15, 0.2) is 30.3 Å². The van der Waals surface area contributed by atoms with Crippen molar-refractivity contribution >= 4 is 17.3 Å². The first-order valence-electron chi connectivity index (χ1n) is 5.36. The summed E-state index contributed by atoms with van der Waals surface area (Å²) in [6.07, 6.45) is 5.05. The predicted molar refractivity (Wildman–Crippen MR) is 71.4 cm³/mol. The van der Waals surface area contributed by atoms with E-state index in [1.165, 1.54) is 11.3 Å². The molecule has 1 heterocycles. The highest BCUT2D eigenvalue weighted by molar-refractivity contribution is 7.17. The molecule has 0 aliphatic rings. The monoisotopic (exact) mass is 257 g/mol. The molecule has 0 fully saturated rings. The number of carbonyl (C=O) groups is 1. The number of hydrogen-bond donors (Lipinski definition) is 0. The summed E-state index contributed by atoms with van der Waals surface area (Å²) in [6.45, 7) is 1.77. The van der Waals surface area contributed by atoms with Gasteiger partial charge in [0.15, 0.2) is 6.61 Å². The summed E-state index contributed by atoms with van der Waals surface area (Å²) in [5.41, 5.74) is 1.66. The van der Waals surface area contributed by atoms with Crippen molar-refractivity contribution in [2.75, 3.05) is 6.61 Å². The number of hydrogen-bond acceptors (Lipinski definition) is 4. The summed E-state index contributed by atoms with van der Waals surface area (Å²) in [7, 11) is 0. The highest BCUT2D eigenvalue weighted by Crippen LogP contribution is 2.28. The van der Waals surface area contributed by atoms with E-state index in [-0.39, 0.29) is 6.61 Å². The van der Waals surface area contributed by atoms with Gasteiger partial charge in [0, 0.05) is 5.56 Å². The van der Waals surface area contributed by atoms with E-state index in [1.54, 1.807) is 6.92 Å². The number of aromatic nitrogens is 1. The molecule has 2 aromatic rings. The van der Waals surface area contributed by atoms with Gasteiger partial charge in [0.1, 0.15) is 9.88 Å². The number of aryl methyl sites for hydroxylation is 1. The lowest BCUT2D eigenvalue weighted by atomic mass is 10.2. The van der Waals surface area contributed by atoms with E-state index in [2.05, 4.69) is 10.9 Å². The van der Waals surface area contributed by atoms with Gasteiger partial charge in [-0.2, -0.15) is 0 Å². The first kappa shape index (κ1) is 12.3. The second kappa shape index (κ2) is 5.48. The van der Waals surface area contributed by atoms with Crippen LogP contribution in [0.1, 0.15) is 15.4 Å². The Kier molecular flexibility index (Phi) is 3.75. The third kappa shape index (κ3) is 2.58. The topological polar surface area (TPSA) is 39.2 Å². The van der Waals surface area contributed by atoms with E-state index in [4.69, 9.17) is 11.2 Å². The first-order valence-corrected chi connectivity index (χ1v) is 6.17. The number of rotatable bonds is 3. The number of benzene rings is 1. The SMILES string of the molecule is C#CCOC(=O)c1sc(-c2ccccc2)nc1C. The summed E-state index contributed by atoms with van der Waals surface area (Å²) in [6, 6.07) is 9.71. The molecule has 2 rings (SSSR count). The molecule has 3 nitrogen and oxygen atoms in total. The smallest absolute Gasteiger partial charge is 0.351 e. The Balaban J connectivity index is 2.28. The van der Waals surface area contributed by atoms with Gasteiger partial charge in [0.05, 0.1) is 5.69 Å². The highest BCUT2D eigenvalue weighted by atomic mass is 32.1. The number of carbonyl (C=O) groups excluding carboxylic acids is 1. The minimum atomic E-state index is -0.412. The molecular formula is C14H11NO2S. The molecular weight excluding hydrogens is 246 g/mol. The second-order valence-corrected chi connectivity index (χ2v) is 4.58. The van der Waals surface area contributed by atoms with Gasteiger partial charge < -0.3 is 4.74 Å².